The summed E-state index contributed by atoms with van der Waals surface area (Å²) < 4.78 is 0. The van der Waals surface area contributed by atoms with Crippen molar-refractivity contribution in [1.82, 2.24) is 9.80 Å². The van der Waals surface area contributed by atoms with Gasteiger partial charge in [0, 0.05) is 13.1 Å². The lowest BCUT2D eigenvalue weighted by Gasteiger charge is -2.29. The lowest BCUT2D eigenvalue weighted by Crippen LogP contribution is -2.49. The Bertz CT molecular complexity index is 339. The molecule has 0 aromatic heterocycles. The molecule has 1 saturated carbocycles. The molecule has 1 rings (SSSR count). The molecule has 7 heteroatoms. The molecule has 1 fully saturated rings. The summed E-state index contributed by atoms with van der Waals surface area (Å²) in [6, 6.07) is -0.421. The summed E-state index contributed by atoms with van der Waals surface area (Å²) in [5.41, 5.74) is 5.05. The predicted octanol–water partition coefficient (Wildman–Crippen LogP) is 0.100. The van der Waals surface area contributed by atoms with E-state index in [2.05, 4.69) is 0 Å². The second-order valence-electron chi connectivity index (χ2n) is 4.89. The van der Waals surface area contributed by atoms with Gasteiger partial charge in [0.05, 0.1) is 0 Å². The Labute approximate surface area is 112 Å². The topological polar surface area (TPSA) is 104 Å². The number of primary amides is 1. The Morgan fingerprint density at radius 3 is 2.26 bits per heavy atom. The van der Waals surface area contributed by atoms with Crippen molar-refractivity contribution in [2.75, 3.05) is 26.2 Å². The summed E-state index contributed by atoms with van der Waals surface area (Å²) in [7, 11) is 0. The Morgan fingerprint density at radius 2 is 1.84 bits per heavy atom. The van der Waals surface area contributed by atoms with E-state index in [1.807, 2.05) is 6.92 Å². The zero-order valence-electron chi connectivity index (χ0n) is 11.2. The quantitative estimate of drug-likeness (QED) is 0.653. The van der Waals surface area contributed by atoms with Crippen LogP contribution in [0.3, 0.4) is 0 Å². The van der Waals surface area contributed by atoms with Crippen molar-refractivity contribution >= 4 is 17.9 Å². The van der Waals surface area contributed by atoms with E-state index in [-0.39, 0.29) is 6.54 Å². The van der Waals surface area contributed by atoms with E-state index in [1.165, 1.54) is 0 Å². The largest absolute Gasteiger partial charge is 0.480 e. The standard InChI is InChI=1S/C12H21N3O4/c1-2-5-14(6-9-3-4-9)12(19)15(7-10(13)16)8-11(17)18/h9H,2-8H2,1H3,(H2,13,16)(H,17,18). The molecule has 19 heavy (non-hydrogen) atoms. The molecule has 0 aliphatic heterocycles. The third-order valence-electron chi connectivity index (χ3n) is 2.88. The zero-order chi connectivity index (χ0) is 14.4. The number of carboxylic acid groups (broad SMARTS) is 1. The van der Waals surface area contributed by atoms with Crippen LogP contribution in [0.1, 0.15) is 26.2 Å². The fourth-order valence-corrected chi connectivity index (χ4v) is 1.89. The van der Waals surface area contributed by atoms with Crippen LogP contribution in [0.15, 0.2) is 0 Å². The van der Waals surface area contributed by atoms with Gasteiger partial charge in [0.25, 0.3) is 0 Å². The van der Waals surface area contributed by atoms with Gasteiger partial charge in [-0.15, -0.1) is 0 Å². The fraction of sp³-hybridized carbons (Fsp3) is 0.750. The van der Waals surface area contributed by atoms with Gasteiger partial charge in [-0.05, 0) is 25.2 Å². The van der Waals surface area contributed by atoms with Crippen LogP contribution in [-0.2, 0) is 9.59 Å². The number of carbonyl (C=O) groups excluding carboxylic acids is 2. The maximum absolute atomic E-state index is 12.2. The molecule has 3 N–H and O–H groups in total. The van der Waals surface area contributed by atoms with E-state index >= 15 is 0 Å². The molecule has 0 aromatic rings. The van der Waals surface area contributed by atoms with Gasteiger partial charge in [-0.1, -0.05) is 6.92 Å². The van der Waals surface area contributed by atoms with Crippen LogP contribution in [0.5, 0.6) is 0 Å². The predicted molar refractivity (Wildman–Crippen MR) is 68.4 cm³/mol. The van der Waals surface area contributed by atoms with Crippen LogP contribution in [0.2, 0.25) is 0 Å². The number of carbonyl (C=O) groups is 3. The van der Waals surface area contributed by atoms with Crippen LogP contribution in [-0.4, -0.2) is 59.0 Å². The second kappa shape index (κ2) is 6.96. The highest BCUT2D eigenvalue weighted by Crippen LogP contribution is 2.30. The number of hydrogen-bond donors (Lipinski definition) is 2. The number of rotatable bonds is 8. The summed E-state index contributed by atoms with van der Waals surface area (Å²) in [6.45, 7) is 2.26. The van der Waals surface area contributed by atoms with Gasteiger partial charge in [0.1, 0.15) is 13.1 Å². The smallest absolute Gasteiger partial charge is 0.323 e. The molecular weight excluding hydrogens is 250 g/mol. The fourth-order valence-electron chi connectivity index (χ4n) is 1.89. The molecular formula is C12H21N3O4. The molecule has 108 valence electrons. The number of amides is 3. The first-order chi connectivity index (χ1) is 8.93. The van der Waals surface area contributed by atoms with Crippen LogP contribution in [0.4, 0.5) is 4.79 Å². The summed E-state index contributed by atoms with van der Waals surface area (Å²) in [5, 5.41) is 8.79. The Balaban J connectivity index is 2.68. The van der Waals surface area contributed by atoms with Crippen LogP contribution < -0.4 is 5.73 Å². The van der Waals surface area contributed by atoms with Gasteiger partial charge in [-0.3, -0.25) is 9.59 Å². The van der Waals surface area contributed by atoms with E-state index in [4.69, 9.17) is 10.8 Å². The molecule has 0 radical (unpaired) electrons. The van der Waals surface area contributed by atoms with Crippen LogP contribution >= 0.6 is 0 Å². The van der Waals surface area contributed by atoms with Crippen LogP contribution in [0, 0.1) is 5.92 Å². The molecule has 0 unspecified atom stereocenters. The lowest BCUT2D eigenvalue weighted by atomic mass is 10.3. The van der Waals surface area contributed by atoms with Crippen molar-refractivity contribution in [1.29, 1.82) is 0 Å². The number of urea groups is 1. The number of nitrogens with two attached hydrogens (primary N) is 1. The molecule has 0 heterocycles. The summed E-state index contributed by atoms with van der Waals surface area (Å²) in [6.07, 6.45) is 2.99. The first-order valence-corrected chi connectivity index (χ1v) is 6.48. The van der Waals surface area contributed by atoms with Crippen molar-refractivity contribution in [2.24, 2.45) is 11.7 Å². The van der Waals surface area contributed by atoms with E-state index < -0.39 is 24.5 Å². The minimum absolute atomic E-state index is 0.365. The minimum atomic E-state index is -1.16. The van der Waals surface area contributed by atoms with E-state index in [0.717, 1.165) is 24.2 Å². The van der Waals surface area contributed by atoms with Crippen molar-refractivity contribution in [3.63, 3.8) is 0 Å². The normalized spacial score (nSPS) is 13.9. The van der Waals surface area contributed by atoms with Crippen LogP contribution in [0.25, 0.3) is 0 Å². The van der Waals surface area contributed by atoms with Crippen molar-refractivity contribution in [2.45, 2.75) is 26.2 Å². The molecule has 7 nitrogen and oxygen atoms in total. The monoisotopic (exact) mass is 271 g/mol. The molecule has 0 saturated heterocycles. The average Bonchev–Trinajstić information content (AvgIpc) is 3.09. The first kappa shape index (κ1) is 15.3. The lowest BCUT2D eigenvalue weighted by molar-refractivity contribution is -0.138. The highest BCUT2D eigenvalue weighted by atomic mass is 16.4. The van der Waals surface area contributed by atoms with Gasteiger partial charge in [0.2, 0.25) is 5.91 Å². The number of nitrogens with zero attached hydrogens (tertiary/aromatic N) is 2. The SMILES string of the molecule is CCCN(CC1CC1)C(=O)N(CC(N)=O)CC(=O)O. The van der Waals surface area contributed by atoms with E-state index in [1.54, 1.807) is 4.90 Å². The van der Waals surface area contributed by atoms with Crippen molar-refractivity contribution in [3.05, 3.63) is 0 Å². The van der Waals surface area contributed by atoms with Gasteiger partial charge in [-0.2, -0.15) is 0 Å². The Kier molecular flexibility index (Phi) is 5.59. The molecule has 0 aromatic carbocycles. The third-order valence-corrected chi connectivity index (χ3v) is 2.88. The summed E-state index contributed by atoms with van der Waals surface area (Å²) in [4.78, 5) is 36.5. The second-order valence-corrected chi connectivity index (χ2v) is 4.89. The third kappa shape index (κ3) is 5.58. The zero-order valence-corrected chi connectivity index (χ0v) is 11.2. The molecule has 1 aliphatic rings. The summed E-state index contributed by atoms with van der Waals surface area (Å²) >= 11 is 0. The van der Waals surface area contributed by atoms with Gasteiger partial charge >= 0.3 is 12.0 Å². The highest BCUT2D eigenvalue weighted by molar-refractivity contribution is 5.86. The van der Waals surface area contributed by atoms with E-state index in [9.17, 15) is 14.4 Å². The Morgan fingerprint density at radius 1 is 1.21 bits per heavy atom. The summed E-state index contributed by atoms with van der Waals surface area (Å²) in [5.74, 6) is -1.36. The van der Waals surface area contributed by atoms with E-state index in [0.29, 0.717) is 19.0 Å². The number of hydrogen-bond acceptors (Lipinski definition) is 3. The van der Waals surface area contributed by atoms with Gasteiger partial charge < -0.3 is 20.6 Å². The molecule has 3 amide bonds. The van der Waals surface area contributed by atoms with Gasteiger partial charge in [-0.25, -0.2) is 4.79 Å². The maximum atomic E-state index is 12.2. The molecule has 1 aliphatic carbocycles. The van der Waals surface area contributed by atoms with Crippen molar-refractivity contribution < 1.29 is 19.5 Å². The molecule has 0 bridgehead atoms. The average molecular weight is 271 g/mol. The van der Waals surface area contributed by atoms with Gasteiger partial charge in [0.15, 0.2) is 0 Å². The Hall–Kier alpha value is -1.79. The first-order valence-electron chi connectivity index (χ1n) is 6.48. The molecule has 0 spiro atoms. The number of aliphatic carboxylic acids is 1. The minimum Gasteiger partial charge on any atom is -0.480 e. The maximum Gasteiger partial charge on any atom is 0.323 e. The number of carboxylic acids is 1. The highest BCUT2D eigenvalue weighted by Gasteiger charge is 2.29. The molecule has 0 atom stereocenters. The van der Waals surface area contributed by atoms with Crippen molar-refractivity contribution in [3.8, 4) is 0 Å².